The number of carbonyl (C=O) groups is 1. The van der Waals surface area contributed by atoms with Crippen LogP contribution in [-0.2, 0) is 9.53 Å². The molecule has 4 aliphatic carbocycles. The van der Waals surface area contributed by atoms with Crippen LogP contribution >= 0.6 is 0 Å². The van der Waals surface area contributed by atoms with Gasteiger partial charge < -0.3 is 19.7 Å². The molecule has 0 aromatic heterocycles. The van der Waals surface area contributed by atoms with E-state index < -0.39 is 5.97 Å². The fraction of sp³-hybridized carbons (Fsp3) is 0.703. The molecule has 0 bridgehead atoms. The molecule has 8 atom stereocenters. The van der Waals surface area contributed by atoms with E-state index in [2.05, 4.69) is 40.7 Å². The minimum absolute atomic E-state index is 0.0240. The van der Waals surface area contributed by atoms with Gasteiger partial charge in [0.1, 0.15) is 6.10 Å². The number of hydrogen-bond acceptors (Lipinski definition) is 4. The van der Waals surface area contributed by atoms with Crippen molar-refractivity contribution in [1.82, 2.24) is 0 Å². The molecule has 1 aromatic carbocycles. The van der Waals surface area contributed by atoms with E-state index in [1.807, 2.05) is 0 Å². The minimum Gasteiger partial charge on any atom is -0.504 e. The van der Waals surface area contributed by atoms with Gasteiger partial charge >= 0.3 is 5.97 Å². The fourth-order valence-corrected chi connectivity index (χ4v) is 10.0. The molecular formula is C37H54O5. The summed E-state index contributed by atoms with van der Waals surface area (Å²) in [5, 5.41) is 20.1. The van der Waals surface area contributed by atoms with Gasteiger partial charge in [-0.3, -0.25) is 0 Å². The molecule has 2 N–H and O–H groups in total. The average molecular weight is 579 g/mol. The number of fused-ring (bicyclic) bond motifs is 5. The number of benzene rings is 1. The molecule has 42 heavy (non-hydrogen) atoms. The van der Waals surface area contributed by atoms with Gasteiger partial charge in [-0.15, -0.1) is 0 Å². The van der Waals surface area contributed by atoms with Gasteiger partial charge in [0.15, 0.2) is 11.5 Å². The lowest BCUT2D eigenvalue weighted by Gasteiger charge is -2.58. The standard InChI is InChI=1S/C37H54O5/c1-23(2)8-7-9-24(3)29-13-14-30-28-12-11-26-22-27(16-18-36(26,4)31(28)17-19-37(29,30)5)42-34(35(39)40)21-25-10-15-33(41-6)32(38)20-25/h10-11,15,20-21,23-24,27-31,38H,7-9,12-14,16-19,22H2,1-6H3,(H,39,40)/b34-21+/t24-,27?,28+,29-,30+,31+,36+,37-/m1/s1. The summed E-state index contributed by atoms with van der Waals surface area (Å²) in [6, 6.07) is 4.86. The van der Waals surface area contributed by atoms with Crippen molar-refractivity contribution in [1.29, 1.82) is 0 Å². The SMILES string of the molecule is COc1ccc(/C=C(/OC2CC[C@@]3(C)C(=CC[C@H]4[C@@H]5CC[C@H]([C@H](C)CCCC(C)C)[C@@]5(C)CC[C@@H]43)C2)C(=O)O)cc1O. The van der Waals surface area contributed by atoms with Gasteiger partial charge in [0.2, 0.25) is 5.76 Å². The number of allylic oxidation sites excluding steroid dienone is 1. The maximum Gasteiger partial charge on any atom is 0.371 e. The molecule has 1 aromatic rings. The Kier molecular flexibility index (Phi) is 9.07. The van der Waals surface area contributed by atoms with Crippen molar-refractivity contribution in [3.63, 3.8) is 0 Å². The Hall–Kier alpha value is -2.43. The Balaban J connectivity index is 1.27. The molecule has 4 aliphatic rings. The van der Waals surface area contributed by atoms with Crippen LogP contribution in [0.3, 0.4) is 0 Å². The monoisotopic (exact) mass is 578 g/mol. The molecule has 0 radical (unpaired) electrons. The summed E-state index contributed by atoms with van der Waals surface area (Å²) in [4.78, 5) is 12.1. The number of phenols is 1. The predicted molar refractivity (Wildman–Crippen MR) is 168 cm³/mol. The highest BCUT2D eigenvalue weighted by Gasteiger charge is 2.59. The largest absolute Gasteiger partial charge is 0.504 e. The predicted octanol–water partition coefficient (Wildman–Crippen LogP) is 9.25. The molecule has 0 amide bonds. The number of aliphatic carboxylic acids is 1. The Labute approximate surface area is 253 Å². The van der Waals surface area contributed by atoms with E-state index in [1.54, 1.807) is 12.1 Å². The van der Waals surface area contributed by atoms with E-state index in [9.17, 15) is 15.0 Å². The van der Waals surface area contributed by atoms with Gasteiger partial charge in [-0.1, -0.05) is 71.6 Å². The van der Waals surface area contributed by atoms with Crippen molar-refractivity contribution in [2.24, 2.45) is 46.3 Å². The maximum atomic E-state index is 12.1. The summed E-state index contributed by atoms with van der Waals surface area (Å²) >= 11 is 0. The molecule has 5 heteroatoms. The second-order valence-corrected chi connectivity index (χ2v) is 15.0. The van der Waals surface area contributed by atoms with Gasteiger partial charge in [0, 0.05) is 6.42 Å². The Morgan fingerprint density at radius 3 is 2.55 bits per heavy atom. The summed E-state index contributed by atoms with van der Waals surface area (Å²) in [7, 11) is 1.49. The molecular weight excluding hydrogens is 524 g/mol. The summed E-state index contributed by atoms with van der Waals surface area (Å²) in [5.74, 6) is 4.00. The second kappa shape index (κ2) is 12.3. The molecule has 0 spiro atoms. The van der Waals surface area contributed by atoms with E-state index in [1.165, 1.54) is 76.2 Å². The summed E-state index contributed by atoms with van der Waals surface area (Å²) < 4.78 is 11.3. The van der Waals surface area contributed by atoms with Crippen molar-refractivity contribution in [2.75, 3.05) is 7.11 Å². The van der Waals surface area contributed by atoms with Crippen LogP contribution in [0.15, 0.2) is 35.6 Å². The van der Waals surface area contributed by atoms with Crippen LogP contribution in [0.25, 0.3) is 6.08 Å². The molecule has 0 heterocycles. The molecule has 0 saturated heterocycles. The second-order valence-electron chi connectivity index (χ2n) is 15.0. The lowest BCUT2D eigenvalue weighted by molar-refractivity contribution is -0.138. The lowest BCUT2D eigenvalue weighted by Crippen LogP contribution is -2.51. The number of carboxylic acid groups (broad SMARTS) is 1. The van der Waals surface area contributed by atoms with Gasteiger partial charge in [-0.25, -0.2) is 4.79 Å². The highest BCUT2D eigenvalue weighted by Crippen LogP contribution is 2.67. The van der Waals surface area contributed by atoms with Gasteiger partial charge in [0.05, 0.1) is 7.11 Å². The average Bonchev–Trinajstić information content (AvgIpc) is 3.30. The molecule has 3 saturated carbocycles. The van der Waals surface area contributed by atoms with Crippen molar-refractivity contribution in [2.45, 2.75) is 111 Å². The number of methoxy groups -OCH3 is 1. The van der Waals surface area contributed by atoms with Crippen LogP contribution in [0.4, 0.5) is 0 Å². The third kappa shape index (κ3) is 5.86. The van der Waals surface area contributed by atoms with Gasteiger partial charge in [0.25, 0.3) is 0 Å². The van der Waals surface area contributed by atoms with Gasteiger partial charge in [-0.05, 0) is 115 Å². The molecule has 5 nitrogen and oxygen atoms in total. The van der Waals surface area contributed by atoms with Crippen LogP contribution in [0.5, 0.6) is 11.5 Å². The third-order valence-corrected chi connectivity index (χ3v) is 12.3. The molecule has 232 valence electrons. The first kappa shape index (κ1) is 31.0. The van der Waals surface area contributed by atoms with Crippen LogP contribution in [-0.4, -0.2) is 29.4 Å². The van der Waals surface area contributed by atoms with E-state index >= 15 is 0 Å². The first-order valence-corrected chi connectivity index (χ1v) is 16.6. The first-order chi connectivity index (χ1) is 20.0. The highest BCUT2D eigenvalue weighted by molar-refractivity contribution is 5.90. The number of rotatable bonds is 10. The number of aromatic hydroxyl groups is 1. The summed E-state index contributed by atoms with van der Waals surface area (Å²) in [6.45, 7) is 12.4. The Morgan fingerprint density at radius 2 is 1.86 bits per heavy atom. The van der Waals surface area contributed by atoms with E-state index in [-0.39, 0.29) is 23.0 Å². The Morgan fingerprint density at radius 1 is 1.07 bits per heavy atom. The van der Waals surface area contributed by atoms with E-state index in [0.717, 1.165) is 54.8 Å². The third-order valence-electron chi connectivity index (χ3n) is 12.3. The van der Waals surface area contributed by atoms with Crippen molar-refractivity contribution in [3.8, 4) is 11.5 Å². The lowest BCUT2D eigenvalue weighted by atomic mass is 9.47. The molecule has 1 unspecified atom stereocenters. The van der Waals surface area contributed by atoms with Crippen molar-refractivity contribution >= 4 is 12.0 Å². The van der Waals surface area contributed by atoms with Crippen molar-refractivity contribution in [3.05, 3.63) is 41.2 Å². The van der Waals surface area contributed by atoms with Crippen LogP contribution in [0.2, 0.25) is 0 Å². The quantitative estimate of drug-likeness (QED) is 0.164. The summed E-state index contributed by atoms with van der Waals surface area (Å²) in [6.07, 6.45) is 17.4. The van der Waals surface area contributed by atoms with Crippen LogP contribution in [0.1, 0.15) is 111 Å². The fourth-order valence-electron chi connectivity index (χ4n) is 10.0. The van der Waals surface area contributed by atoms with E-state index in [4.69, 9.17) is 9.47 Å². The molecule has 0 aliphatic heterocycles. The zero-order valence-corrected chi connectivity index (χ0v) is 26.8. The first-order valence-electron chi connectivity index (χ1n) is 16.6. The smallest absolute Gasteiger partial charge is 0.371 e. The van der Waals surface area contributed by atoms with Crippen LogP contribution in [0, 0.1) is 46.3 Å². The van der Waals surface area contributed by atoms with Crippen molar-refractivity contribution < 1.29 is 24.5 Å². The number of ether oxygens (including phenoxy) is 2. The topological polar surface area (TPSA) is 76.0 Å². The zero-order chi connectivity index (χ0) is 30.2. The molecule has 3 fully saturated rings. The minimum atomic E-state index is -1.09. The molecule has 5 rings (SSSR count). The van der Waals surface area contributed by atoms with Gasteiger partial charge in [-0.2, -0.15) is 0 Å². The highest BCUT2D eigenvalue weighted by atomic mass is 16.5. The van der Waals surface area contributed by atoms with Crippen LogP contribution < -0.4 is 4.74 Å². The number of carboxylic acids is 1. The van der Waals surface area contributed by atoms with E-state index in [0.29, 0.717) is 16.7 Å². The number of hydrogen-bond donors (Lipinski definition) is 2. The number of phenolic OH excluding ortho intramolecular Hbond substituents is 1. The Bertz CT molecular complexity index is 1200. The normalized spacial score (nSPS) is 35.1. The zero-order valence-electron chi connectivity index (χ0n) is 26.8. The summed E-state index contributed by atoms with van der Waals surface area (Å²) in [5.41, 5.74) is 2.74. The maximum absolute atomic E-state index is 12.1.